The number of hydrogen-bond donors (Lipinski definition) is 1. The van der Waals surface area contributed by atoms with Gasteiger partial charge in [-0.05, 0) is 47.4 Å². The summed E-state index contributed by atoms with van der Waals surface area (Å²) in [5.41, 5.74) is 1.90. The van der Waals surface area contributed by atoms with Crippen molar-refractivity contribution in [3.8, 4) is 11.5 Å². The van der Waals surface area contributed by atoms with Gasteiger partial charge in [-0.25, -0.2) is 0 Å². The largest absolute Gasteiger partial charge is 0.493 e. The average molecular weight is 374 g/mol. The third-order valence-corrected chi connectivity index (χ3v) is 4.25. The van der Waals surface area contributed by atoms with Gasteiger partial charge in [-0.1, -0.05) is 12.1 Å². The molecule has 1 N–H and O–H groups in total. The van der Waals surface area contributed by atoms with Crippen LogP contribution in [0.15, 0.2) is 36.4 Å². The highest BCUT2D eigenvalue weighted by Gasteiger charge is 2.32. The lowest BCUT2D eigenvalue weighted by Gasteiger charge is -2.29. The first-order valence-corrected chi connectivity index (χ1v) is 7.59. The maximum Gasteiger partial charge on any atom is 0.416 e. The van der Waals surface area contributed by atoms with Crippen LogP contribution in [0, 0.1) is 0 Å². The van der Waals surface area contributed by atoms with E-state index in [0.29, 0.717) is 23.6 Å². The summed E-state index contributed by atoms with van der Waals surface area (Å²) in [7, 11) is 3.11. The summed E-state index contributed by atoms with van der Waals surface area (Å²) in [5, 5.41) is 3.30. The average Bonchev–Trinajstić information content (AvgIpc) is 2.59. The van der Waals surface area contributed by atoms with E-state index in [2.05, 4.69) is 5.32 Å². The molecule has 0 bridgehead atoms. The van der Waals surface area contributed by atoms with Gasteiger partial charge in [0.2, 0.25) is 0 Å². The van der Waals surface area contributed by atoms with Crippen LogP contribution in [0.3, 0.4) is 0 Å². The second-order valence-electron chi connectivity index (χ2n) is 5.67. The minimum absolute atomic E-state index is 0. The monoisotopic (exact) mass is 373 g/mol. The van der Waals surface area contributed by atoms with Crippen LogP contribution in [0.25, 0.3) is 0 Å². The van der Waals surface area contributed by atoms with Gasteiger partial charge in [0.25, 0.3) is 0 Å². The molecule has 136 valence electrons. The van der Waals surface area contributed by atoms with Crippen molar-refractivity contribution >= 4 is 12.4 Å². The fourth-order valence-corrected chi connectivity index (χ4v) is 3.08. The summed E-state index contributed by atoms with van der Waals surface area (Å²) >= 11 is 0. The zero-order valence-electron chi connectivity index (χ0n) is 13.8. The van der Waals surface area contributed by atoms with Crippen molar-refractivity contribution in [2.45, 2.75) is 18.6 Å². The van der Waals surface area contributed by atoms with Crippen molar-refractivity contribution in [2.24, 2.45) is 0 Å². The van der Waals surface area contributed by atoms with Crippen LogP contribution in [-0.2, 0) is 12.6 Å². The Bertz CT molecular complexity index is 750. The zero-order valence-corrected chi connectivity index (χ0v) is 14.6. The Morgan fingerprint density at radius 3 is 2.36 bits per heavy atom. The van der Waals surface area contributed by atoms with E-state index < -0.39 is 11.7 Å². The SMILES string of the molecule is COc1cc2c(cc1OC)C(c1cccc(C(F)(F)F)c1)NCC2.Cl. The Kier molecular flexibility index (Phi) is 5.85. The summed E-state index contributed by atoms with van der Waals surface area (Å²) in [4.78, 5) is 0. The van der Waals surface area contributed by atoms with E-state index in [9.17, 15) is 13.2 Å². The standard InChI is InChI=1S/C18H18F3NO2.ClH/c1-23-15-9-11-6-7-22-17(14(11)10-16(15)24-2)12-4-3-5-13(8-12)18(19,20)21;/h3-5,8-10,17,22H,6-7H2,1-2H3;1H. The molecule has 0 spiro atoms. The molecule has 0 aliphatic carbocycles. The van der Waals surface area contributed by atoms with Crippen molar-refractivity contribution in [3.63, 3.8) is 0 Å². The molecular weight excluding hydrogens is 355 g/mol. The molecule has 1 aliphatic heterocycles. The molecular formula is C18H19ClF3NO2. The summed E-state index contributed by atoms with van der Waals surface area (Å²) < 4.78 is 49.6. The number of nitrogens with one attached hydrogen (secondary N) is 1. The Balaban J connectivity index is 0.00000225. The van der Waals surface area contributed by atoms with E-state index in [1.54, 1.807) is 20.3 Å². The topological polar surface area (TPSA) is 30.5 Å². The Labute approximate surface area is 150 Å². The number of ether oxygens (including phenoxy) is 2. The molecule has 1 aliphatic rings. The van der Waals surface area contributed by atoms with Gasteiger partial charge < -0.3 is 14.8 Å². The molecule has 0 aromatic heterocycles. The first-order chi connectivity index (χ1) is 11.4. The van der Waals surface area contributed by atoms with Gasteiger partial charge in [-0.3, -0.25) is 0 Å². The number of rotatable bonds is 3. The van der Waals surface area contributed by atoms with Crippen molar-refractivity contribution in [1.29, 1.82) is 0 Å². The minimum atomic E-state index is -4.36. The molecule has 0 amide bonds. The summed E-state index contributed by atoms with van der Waals surface area (Å²) in [6, 6.07) is 8.86. The van der Waals surface area contributed by atoms with Crippen molar-refractivity contribution < 1.29 is 22.6 Å². The van der Waals surface area contributed by atoms with Crippen LogP contribution in [0.1, 0.15) is 28.3 Å². The Morgan fingerprint density at radius 1 is 1.04 bits per heavy atom. The van der Waals surface area contributed by atoms with E-state index in [4.69, 9.17) is 9.47 Å². The van der Waals surface area contributed by atoms with Crippen LogP contribution in [0.5, 0.6) is 11.5 Å². The van der Waals surface area contributed by atoms with E-state index in [1.165, 1.54) is 12.1 Å². The summed E-state index contributed by atoms with van der Waals surface area (Å²) in [6.45, 7) is 0.684. The van der Waals surface area contributed by atoms with E-state index in [1.807, 2.05) is 12.1 Å². The fourth-order valence-electron chi connectivity index (χ4n) is 3.08. The van der Waals surface area contributed by atoms with Crippen LogP contribution in [0.2, 0.25) is 0 Å². The molecule has 1 unspecified atom stereocenters. The number of halogens is 4. The van der Waals surface area contributed by atoms with Gasteiger partial charge in [0.15, 0.2) is 11.5 Å². The number of hydrogen-bond acceptors (Lipinski definition) is 3. The summed E-state index contributed by atoms with van der Waals surface area (Å²) in [6.07, 6.45) is -3.57. The normalized spacial score (nSPS) is 16.6. The third kappa shape index (κ3) is 3.85. The molecule has 0 saturated heterocycles. The van der Waals surface area contributed by atoms with Crippen LogP contribution >= 0.6 is 12.4 Å². The molecule has 0 fully saturated rings. The van der Waals surface area contributed by atoms with E-state index in [0.717, 1.165) is 23.6 Å². The molecule has 3 nitrogen and oxygen atoms in total. The molecule has 25 heavy (non-hydrogen) atoms. The van der Waals surface area contributed by atoms with Crippen LogP contribution in [-0.4, -0.2) is 20.8 Å². The van der Waals surface area contributed by atoms with Crippen molar-refractivity contribution in [1.82, 2.24) is 5.32 Å². The van der Waals surface area contributed by atoms with E-state index >= 15 is 0 Å². The lowest BCUT2D eigenvalue weighted by atomic mass is 9.88. The number of methoxy groups -OCH3 is 2. The van der Waals surface area contributed by atoms with Gasteiger partial charge in [0, 0.05) is 6.54 Å². The second kappa shape index (κ2) is 7.54. The molecule has 0 saturated carbocycles. The molecule has 2 aromatic carbocycles. The molecule has 2 aromatic rings. The van der Waals surface area contributed by atoms with Crippen molar-refractivity contribution in [2.75, 3.05) is 20.8 Å². The highest BCUT2D eigenvalue weighted by molar-refractivity contribution is 5.85. The quantitative estimate of drug-likeness (QED) is 0.866. The minimum Gasteiger partial charge on any atom is -0.493 e. The highest BCUT2D eigenvalue weighted by atomic mass is 35.5. The Morgan fingerprint density at radius 2 is 1.72 bits per heavy atom. The van der Waals surface area contributed by atoms with Gasteiger partial charge in [-0.2, -0.15) is 13.2 Å². The van der Waals surface area contributed by atoms with Crippen LogP contribution in [0.4, 0.5) is 13.2 Å². The fraction of sp³-hybridized carbons (Fsp3) is 0.333. The predicted molar refractivity (Wildman–Crippen MR) is 91.8 cm³/mol. The molecule has 1 atom stereocenters. The van der Waals surface area contributed by atoms with Gasteiger partial charge in [0.05, 0.1) is 25.8 Å². The molecule has 7 heteroatoms. The Hall–Kier alpha value is -1.92. The highest BCUT2D eigenvalue weighted by Crippen LogP contribution is 2.38. The second-order valence-corrected chi connectivity index (χ2v) is 5.67. The number of fused-ring (bicyclic) bond motifs is 1. The lowest BCUT2D eigenvalue weighted by Crippen LogP contribution is -2.30. The van der Waals surface area contributed by atoms with Crippen molar-refractivity contribution in [3.05, 3.63) is 58.7 Å². The van der Waals surface area contributed by atoms with Gasteiger partial charge in [0.1, 0.15) is 0 Å². The molecule has 0 radical (unpaired) electrons. The predicted octanol–water partition coefficient (Wildman–Crippen LogP) is 4.38. The summed E-state index contributed by atoms with van der Waals surface area (Å²) in [5.74, 6) is 1.19. The zero-order chi connectivity index (χ0) is 17.3. The van der Waals surface area contributed by atoms with Crippen LogP contribution < -0.4 is 14.8 Å². The lowest BCUT2D eigenvalue weighted by molar-refractivity contribution is -0.137. The van der Waals surface area contributed by atoms with Gasteiger partial charge in [-0.15, -0.1) is 12.4 Å². The first-order valence-electron chi connectivity index (χ1n) is 7.59. The first kappa shape index (κ1) is 19.4. The third-order valence-electron chi connectivity index (χ3n) is 4.25. The smallest absolute Gasteiger partial charge is 0.416 e. The van der Waals surface area contributed by atoms with Gasteiger partial charge >= 0.3 is 6.18 Å². The molecule has 3 rings (SSSR count). The maximum atomic E-state index is 13.0. The number of alkyl halides is 3. The van der Waals surface area contributed by atoms with E-state index in [-0.39, 0.29) is 18.4 Å². The maximum absolute atomic E-state index is 13.0. The molecule has 1 heterocycles. The number of benzene rings is 2.